The molecule has 0 amide bonds. The van der Waals surface area contributed by atoms with Crippen molar-refractivity contribution in [2.45, 2.75) is 76.5 Å². The third-order valence-electron chi connectivity index (χ3n) is 3.78. The molecule has 1 aromatic rings. The number of hydrogen-bond acceptors (Lipinski definition) is 3. The molecule has 126 valence electrons. The quantitative estimate of drug-likeness (QED) is 0.397. The van der Waals surface area contributed by atoms with Crippen LogP contribution >= 0.6 is 0 Å². The van der Waals surface area contributed by atoms with Crippen LogP contribution in [0.2, 0.25) is 0 Å². The smallest absolute Gasteiger partial charge is 0.266 e. The lowest BCUT2D eigenvalue weighted by Crippen LogP contribution is -2.10. The highest BCUT2D eigenvalue weighted by Gasteiger charge is 2.18. The molecule has 0 fully saturated rings. The van der Waals surface area contributed by atoms with Crippen molar-refractivity contribution in [2.75, 3.05) is 6.61 Å². The number of aryl methyl sites for hydroxylation is 1. The molecule has 0 N–H and O–H groups in total. The van der Waals surface area contributed by atoms with E-state index in [9.17, 15) is 8.42 Å². The average molecular weight is 327 g/mol. The lowest BCUT2D eigenvalue weighted by Gasteiger charge is -2.10. The van der Waals surface area contributed by atoms with Crippen LogP contribution in [0.15, 0.2) is 29.2 Å². The molecule has 1 aromatic carbocycles. The van der Waals surface area contributed by atoms with Crippen molar-refractivity contribution in [3.8, 4) is 0 Å². The molecule has 0 radical (unpaired) electrons. The summed E-state index contributed by atoms with van der Waals surface area (Å²) >= 11 is 0. The monoisotopic (exact) mass is 326 g/mol. The molecule has 0 aromatic heterocycles. The molecule has 0 aliphatic carbocycles. The molecule has 0 aliphatic heterocycles. The Hall–Kier alpha value is -0.870. The van der Waals surface area contributed by atoms with Gasteiger partial charge in [-0.1, -0.05) is 70.6 Å². The summed E-state index contributed by atoms with van der Waals surface area (Å²) in [5, 5.41) is 0. The minimum atomic E-state index is -3.62. The molecule has 0 spiro atoms. The van der Waals surface area contributed by atoms with E-state index < -0.39 is 10.1 Å². The maximum Gasteiger partial charge on any atom is 0.297 e. The van der Waals surface area contributed by atoms with E-state index in [1.54, 1.807) is 12.1 Å². The van der Waals surface area contributed by atoms with Crippen LogP contribution in [0.25, 0.3) is 0 Å². The van der Waals surface area contributed by atoms with Crippen LogP contribution in [0.3, 0.4) is 0 Å². The van der Waals surface area contributed by atoms with Crippen LogP contribution in [0, 0.1) is 0 Å². The second-order valence-electron chi connectivity index (χ2n) is 5.76. The second-order valence-corrected chi connectivity index (χ2v) is 7.34. The van der Waals surface area contributed by atoms with E-state index in [0.29, 0.717) is 4.90 Å². The van der Waals surface area contributed by atoms with Gasteiger partial charge in [-0.25, -0.2) is 0 Å². The fourth-order valence-corrected chi connectivity index (χ4v) is 3.64. The van der Waals surface area contributed by atoms with Gasteiger partial charge in [0.1, 0.15) is 0 Å². The highest BCUT2D eigenvalue weighted by atomic mass is 32.2. The van der Waals surface area contributed by atoms with Gasteiger partial charge in [0.25, 0.3) is 10.1 Å². The summed E-state index contributed by atoms with van der Waals surface area (Å²) in [5.74, 6) is 0. The average Bonchev–Trinajstić information content (AvgIpc) is 2.52. The summed E-state index contributed by atoms with van der Waals surface area (Å²) in [6.07, 6.45) is 9.52. The van der Waals surface area contributed by atoms with Crippen LogP contribution in [-0.2, 0) is 20.7 Å². The maximum atomic E-state index is 12.3. The van der Waals surface area contributed by atoms with Crippen molar-refractivity contribution in [3.05, 3.63) is 29.8 Å². The molecule has 0 heterocycles. The Morgan fingerprint density at radius 3 is 2.23 bits per heavy atom. The van der Waals surface area contributed by atoms with E-state index >= 15 is 0 Å². The van der Waals surface area contributed by atoms with Crippen molar-refractivity contribution >= 4 is 10.1 Å². The third-order valence-corrected chi connectivity index (χ3v) is 5.19. The van der Waals surface area contributed by atoms with Gasteiger partial charge in [-0.15, -0.1) is 0 Å². The van der Waals surface area contributed by atoms with Crippen LogP contribution < -0.4 is 0 Å². The van der Waals surface area contributed by atoms with Gasteiger partial charge in [-0.3, -0.25) is 4.18 Å². The molecule has 0 aliphatic rings. The zero-order valence-electron chi connectivity index (χ0n) is 14.0. The van der Waals surface area contributed by atoms with Gasteiger partial charge >= 0.3 is 0 Å². The molecule has 0 saturated heterocycles. The SMILES string of the molecule is CCCCCCCCOS(=O)(=O)c1ccccc1CCCC. The number of rotatable bonds is 12. The van der Waals surface area contributed by atoms with Gasteiger partial charge in [0.05, 0.1) is 11.5 Å². The van der Waals surface area contributed by atoms with E-state index in [2.05, 4.69) is 13.8 Å². The molecule has 1 rings (SSSR count). The topological polar surface area (TPSA) is 43.4 Å². The predicted octanol–water partition coefficient (Wildman–Crippen LogP) is 5.10. The minimum Gasteiger partial charge on any atom is -0.266 e. The Morgan fingerprint density at radius 1 is 0.864 bits per heavy atom. The molecule has 4 heteroatoms. The van der Waals surface area contributed by atoms with Gasteiger partial charge in [0, 0.05) is 0 Å². The van der Waals surface area contributed by atoms with E-state index in [0.717, 1.165) is 44.1 Å². The fourth-order valence-electron chi connectivity index (χ4n) is 2.44. The summed E-state index contributed by atoms with van der Waals surface area (Å²) < 4.78 is 29.9. The van der Waals surface area contributed by atoms with Crippen LogP contribution in [0.1, 0.15) is 70.8 Å². The largest absolute Gasteiger partial charge is 0.297 e. The van der Waals surface area contributed by atoms with Crippen LogP contribution in [0.4, 0.5) is 0 Å². The molecular formula is C18H30O3S. The van der Waals surface area contributed by atoms with Gasteiger partial charge < -0.3 is 0 Å². The first kappa shape index (κ1) is 19.2. The van der Waals surface area contributed by atoms with Gasteiger partial charge in [-0.05, 0) is 30.9 Å². The summed E-state index contributed by atoms with van der Waals surface area (Å²) in [4.78, 5) is 0.342. The zero-order valence-corrected chi connectivity index (χ0v) is 14.8. The zero-order chi connectivity index (χ0) is 16.3. The number of unbranched alkanes of at least 4 members (excludes halogenated alkanes) is 6. The number of benzene rings is 1. The summed E-state index contributed by atoms with van der Waals surface area (Å²) in [6, 6.07) is 7.19. The van der Waals surface area contributed by atoms with Gasteiger partial charge in [0.2, 0.25) is 0 Å². The maximum absolute atomic E-state index is 12.3. The van der Waals surface area contributed by atoms with Crippen molar-refractivity contribution in [2.24, 2.45) is 0 Å². The van der Waals surface area contributed by atoms with E-state index in [4.69, 9.17) is 4.18 Å². The van der Waals surface area contributed by atoms with Crippen LogP contribution in [-0.4, -0.2) is 15.0 Å². The van der Waals surface area contributed by atoms with Gasteiger partial charge in [-0.2, -0.15) is 8.42 Å². The second kappa shape index (κ2) is 10.8. The van der Waals surface area contributed by atoms with Gasteiger partial charge in [0.15, 0.2) is 0 Å². The normalized spacial score (nSPS) is 11.7. The Labute approximate surface area is 136 Å². The Bertz CT molecular complexity index is 509. The molecule has 22 heavy (non-hydrogen) atoms. The summed E-state index contributed by atoms with van der Waals surface area (Å²) in [7, 11) is -3.62. The van der Waals surface area contributed by atoms with Crippen molar-refractivity contribution < 1.29 is 12.6 Å². The highest BCUT2D eigenvalue weighted by molar-refractivity contribution is 7.86. The molecule has 0 saturated carbocycles. The molecule has 0 bridgehead atoms. The van der Waals surface area contributed by atoms with Crippen molar-refractivity contribution in [3.63, 3.8) is 0 Å². The first-order valence-corrected chi connectivity index (χ1v) is 10.00. The van der Waals surface area contributed by atoms with Crippen LogP contribution in [0.5, 0.6) is 0 Å². The van der Waals surface area contributed by atoms with Crippen molar-refractivity contribution in [1.29, 1.82) is 0 Å². The molecule has 3 nitrogen and oxygen atoms in total. The van der Waals surface area contributed by atoms with Crippen molar-refractivity contribution in [1.82, 2.24) is 0 Å². The predicted molar refractivity (Wildman–Crippen MR) is 91.6 cm³/mol. The third kappa shape index (κ3) is 6.93. The molecule has 0 unspecified atom stereocenters. The Balaban J connectivity index is 2.49. The van der Waals surface area contributed by atoms with E-state index in [1.807, 2.05) is 12.1 Å². The standard InChI is InChI=1S/C18H30O3S/c1-3-5-7-8-9-12-16-21-22(19,20)18-15-11-10-14-17(18)13-6-4-2/h10-11,14-15H,3-9,12-13,16H2,1-2H3. The lowest BCUT2D eigenvalue weighted by molar-refractivity contribution is 0.306. The first-order chi connectivity index (χ1) is 10.6. The molecule has 0 atom stereocenters. The minimum absolute atomic E-state index is 0.288. The number of hydrogen-bond donors (Lipinski definition) is 0. The lowest BCUT2D eigenvalue weighted by atomic mass is 10.1. The first-order valence-electron chi connectivity index (χ1n) is 8.59. The fraction of sp³-hybridized carbons (Fsp3) is 0.667. The van der Waals surface area contributed by atoms with E-state index in [-0.39, 0.29) is 6.61 Å². The Kier molecular flexibility index (Phi) is 9.41. The Morgan fingerprint density at radius 2 is 1.50 bits per heavy atom. The molecular weight excluding hydrogens is 296 g/mol. The summed E-state index contributed by atoms with van der Waals surface area (Å²) in [6.45, 7) is 4.58. The summed E-state index contributed by atoms with van der Waals surface area (Å²) in [5.41, 5.74) is 0.868. The van der Waals surface area contributed by atoms with E-state index in [1.165, 1.54) is 19.3 Å². The highest BCUT2D eigenvalue weighted by Crippen LogP contribution is 2.20.